The van der Waals surface area contributed by atoms with Crippen LogP contribution in [0.15, 0.2) is 24.3 Å². The van der Waals surface area contributed by atoms with Gasteiger partial charge in [0.15, 0.2) is 11.6 Å². The summed E-state index contributed by atoms with van der Waals surface area (Å²) >= 11 is 0. The number of H-pyrrole nitrogens is 1. The highest BCUT2D eigenvalue weighted by atomic mass is 32.2. The molecule has 0 saturated heterocycles. The van der Waals surface area contributed by atoms with Gasteiger partial charge in [0.2, 0.25) is 39.6 Å². The SMILES string of the molecule is NC(=O)C(CCCCNC(=O)c1ccc(N)cc1)NC(=O)COCCOCCCC(=O)CCC(NC(=O)CCC(CC(=O)COCCOCCNC(=O)CCCS(=O)(=O)NC(=O)CCCCCCCCCCCCCCCc1nn[nH]n1)C(=O)O)C(=O)O. The maximum atomic E-state index is 12.6. The van der Waals surface area contributed by atoms with Gasteiger partial charge in [-0.1, -0.05) is 75.8 Å². The van der Waals surface area contributed by atoms with Crippen LogP contribution in [0.25, 0.3) is 0 Å². The fourth-order valence-corrected chi connectivity index (χ4v) is 9.93. The van der Waals surface area contributed by atoms with E-state index in [0.29, 0.717) is 43.5 Å². The number of anilines is 1. The van der Waals surface area contributed by atoms with Crippen LogP contribution in [0.1, 0.15) is 183 Å². The second-order valence-electron chi connectivity index (χ2n) is 21.4. The van der Waals surface area contributed by atoms with Crippen LogP contribution in [-0.2, 0) is 78.5 Å². The first kappa shape index (κ1) is 77.1. The van der Waals surface area contributed by atoms with Crippen LogP contribution in [0.5, 0.6) is 0 Å². The molecule has 30 heteroatoms. The van der Waals surface area contributed by atoms with Crippen molar-refractivity contribution in [2.45, 2.75) is 185 Å². The lowest BCUT2D eigenvalue weighted by molar-refractivity contribution is -0.145. The van der Waals surface area contributed by atoms with Gasteiger partial charge in [-0.25, -0.2) is 13.2 Å². The van der Waals surface area contributed by atoms with E-state index in [4.69, 9.17) is 30.4 Å². The van der Waals surface area contributed by atoms with Crippen LogP contribution in [0.2, 0.25) is 0 Å². The van der Waals surface area contributed by atoms with Gasteiger partial charge in [0.05, 0.1) is 44.7 Å². The number of Topliss-reactive ketones (excluding diaryl/α,β-unsaturated/α-hetero) is 2. The lowest BCUT2D eigenvalue weighted by atomic mass is 9.97. The molecule has 6 amide bonds. The number of nitrogens with two attached hydrogens (primary N) is 2. The summed E-state index contributed by atoms with van der Waals surface area (Å²) in [6.07, 6.45) is 15.2. The number of tetrazole rings is 1. The fraction of sp³-hybridized carbons (Fsp3) is 0.707. The number of carboxylic acid groups (broad SMARTS) is 2. The first-order valence-corrected chi connectivity index (χ1v) is 32.2. The molecule has 29 nitrogen and oxygen atoms in total. The van der Waals surface area contributed by atoms with Gasteiger partial charge in [-0.05, 0) is 82.1 Å². The van der Waals surface area contributed by atoms with Crippen LogP contribution in [0, 0.1) is 5.92 Å². The molecule has 496 valence electrons. The number of aryl methyl sites for hydroxylation is 1. The maximum absolute atomic E-state index is 12.6. The fourth-order valence-electron chi connectivity index (χ4n) is 8.85. The van der Waals surface area contributed by atoms with E-state index in [9.17, 15) is 66.6 Å². The molecule has 0 spiro atoms. The number of benzene rings is 1. The third kappa shape index (κ3) is 41.2. The number of ether oxygens (including phenoxy) is 4. The zero-order chi connectivity index (χ0) is 64.6. The van der Waals surface area contributed by atoms with E-state index < -0.39 is 94.7 Å². The Kier molecular flexibility index (Phi) is 42.0. The normalized spacial score (nSPS) is 12.3. The van der Waals surface area contributed by atoms with Crippen molar-refractivity contribution < 1.29 is 85.5 Å². The quantitative estimate of drug-likeness (QED) is 0.0336. The Morgan fingerprint density at radius 3 is 1.76 bits per heavy atom. The average molecular weight is 1270 g/mol. The number of hydrogen-bond donors (Lipinski definition) is 10. The summed E-state index contributed by atoms with van der Waals surface area (Å²) in [5.74, 6) is -7.74. The zero-order valence-corrected chi connectivity index (χ0v) is 51.6. The number of amides is 6. The zero-order valence-electron chi connectivity index (χ0n) is 50.7. The van der Waals surface area contributed by atoms with Crippen molar-refractivity contribution in [2.24, 2.45) is 11.7 Å². The number of carboxylic acids is 2. The highest BCUT2D eigenvalue weighted by Crippen LogP contribution is 2.16. The molecule has 0 aliphatic heterocycles. The number of carbonyl (C=O) groups is 10. The Morgan fingerprint density at radius 2 is 1.14 bits per heavy atom. The molecule has 2 rings (SSSR count). The van der Waals surface area contributed by atoms with Crippen LogP contribution in [-0.4, -0.2) is 182 Å². The summed E-state index contributed by atoms with van der Waals surface area (Å²) in [6.45, 7) is 0.0245. The van der Waals surface area contributed by atoms with Crippen LogP contribution >= 0.6 is 0 Å². The van der Waals surface area contributed by atoms with Gasteiger partial charge in [-0.2, -0.15) is 5.21 Å². The molecule has 1 aromatic heterocycles. The van der Waals surface area contributed by atoms with Gasteiger partial charge in [0.25, 0.3) is 5.91 Å². The summed E-state index contributed by atoms with van der Waals surface area (Å²) in [5, 5.41) is 43.5. The Balaban J connectivity index is 1.44. The van der Waals surface area contributed by atoms with Crippen molar-refractivity contribution in [1.29, 1.82) is 0 Å². The molecule has 0 saturated carbocycles. The Hall–Kier alpha value is -7.02. The molecule has 1 aromatic carbocycles. The molecule has 88 heavy (non-hydrogen) atoms. The largest absolute Gasteiger partial charge is 0.481 e. The lowest BCUT2D eigenvalue weighted by Gasteiger charge is -2.16. The number of ketones is 2. The van der Waals surface area contributed by atoms with E-state index in [1.807, 2.05) is 0 Å². The first-order chi connectivity index (χ1) is 42.2. The summed E-state index contributed by atoms with van der Waals surface area (Å²) in [5.41, 5.74) is 12.1. The van der Waals surface area contributed by atoms with Crippen molar-refractivity contribution >= 4 is 74.7 Å². The lowest BCUT2D eigenvalue weighted by Crippen LogP contribution is -2.45. The smallest absolute Gasteiger partial charge is 0.326 e. The molecule has 0 radical (unpaired) electrons. The van der Waals surface area contributed by atoms with Crippen LogP contribution < -0.4 is 37.5 Å². The summed E-state index contributed by atoms with van der Waals surface area (Å²) in [6, 6.07) is 4.10. The Labute approximate surface area is 515 Å². The van der Waals surface area contributed by atoms with E-state index in [0.717, 1.165) is 44.3 Å². The maximum Gasteiger partial charge on any atom is 0.326 e. The van der Waals surface area contributed by atoms with Crippen LogP contribution in [0.4, 0.5) is 5.69 Å². The Morgan fingerprint density at radius 1 is 0.534 bits per heavy atom. The number of aliphatic carboxylic acids is 2. The van der Waals surface area contributed by atoms with Crippen molar-refractivity contribution in [3.63, 3.8) is 0 Å². The second-order valence-corrected chi connectivity index (χ2v) is 23.2. The number of unbranched alkanes of at least 4 members (excludes halogenated alkanes) is 13. The molecule has 0 fully saturated rings. The second kappa shape index (κ2) is 48.0. The number of primary amides is 1. The molecule has 2 aromatic rings. The molecular weight excluding hydrogens is 1170 g/mol. The average Bonchev–Trinajstić information content (AvgIpc) is 4.11. The van der Waals surface area contributed by atoms with Gasteiger partial charge in [0, 0.05) is 75.9 Å². The van der Waals surface area contributed by atoms with E-state index in [1.165, 1.54) is 44.9 Å². The molecule has 0 aliphatic carbocycles. The van der Waals surface area contributed by atoms with Gasteiger partial charge in [0.1, 0.15) is 31.1 Å². The number of aromatic amines is 1. The van der Waals surface area contributed by atoms with Crippen molar-refractivity contribution in [3.8, 4) is 0 Å². The van der Waals surface area contributed by atoms with Gasteiger partial charge < -0.3 is 61.9 Å². The minimum absolute atomic E-state index is 0.00655. The highest BCUT2D eigenvalue weighted by molar-refractivity contribution is 7.90. The van der Waals surface area contributed by atoms with E-state index in [-0.39, 0.29) is 122 Å². The molecule has 3 unspecified atom stereocenters. The minimum Gasteiger partial charge on any atom is -0.481 e. The van der Waals surface area contributed by atoms with E-state index in [1.54, 1.807) is 24.3 Å². The van der Waals surface area contributed by atoms with Crippen molar-refractivity contribution in [3.05, 3.63) is 35.7 Å². The number of rotatable bonds is 57. The Bertz CT molecular complexity index is 2490. The standard InChI is InChI=1S/C58H95N11O18S/c59-45-26-23-43(24-27-45)56(77)62-31-15-14-19-48(55(60)76)63-54(75)42-87-38-35-84-33-16-18-46(70)28-29-49(58(80)81)64-52(73)30-25-44(57(78)79)40-47(71)41-86-37-36-85-34-32-61-51(72)22-17-39-88(82,83)67-53(74)21-13-11-9-7-5-3-1-2-4-6-8-10-12-20-50-65-68-69-66-50/h23-24,26-27,44,48-49H,1-22,25,28-42,59H2,(H2,60,76)(H,61,72)(H,62,77)(H,63,75)(H,64,73)(H,67,74)(H,78,79)(H,80,81)(H,65,66,68,69). The predicted octanol–water partition coefficient (Wildman–Crippen LogP) is 2.90. The number of carbonyl (C=O) groups excluding carboxylic acids is 8. The predicted molar refractivity (Wildman–Crippen MR) is 321 cm³/mol. The molecule has 12 N–H and O–H groups in total. The number of aromatic nitrogens is 4. The van der Waals surface area contributed by atoms with Crippen molar-refractivity contribution in [2.75, 3.05) is 77.4 Å². The van der Waals surface area contributed by atoms with Crippen molar-refractivity contribution in [1.82, 2.24) is 46.6 Å². The summed E-state index contributed by atoms with van der Waals surface area (Å²) in [7, 11) is -3.88. The van der Waals surface area contributed by atoms with E-state index in [2.05, 4.69) is 46.6 Å². The van der Waals surface area contributed by atoms with E-state index >= 15 is 0 Å². The van der Waals surface area contributed by atoms with Crippen LogP contribution in [0.3, 0.4) is 0 Å². The summed E-state index contributed by atoms with van der Waals surface area (Å²) < 4.78 is 48.2. The van der Waals surface area contributed by atoms with Gasteiger partial charge in [-0.15, -0.1) is 10.2 Å². The molecule has 3 atom stereocenters. The monoisotopic (exact) mass is 1270 g/mol. The number of sulfonamides is 1. The highest BCUT2D eigenvalue weighted by Gasteiger charge is 2.26. The number of nitrogens with zero attached hydrogens (tertiary/aromatic N) is 3. The number of nitrogen functional groups attached to an aromatic ring is 1. The van der Waals surface area contributed by atoms with Gasteiger partial charge in [-0.3, -0.25) is 47.9 Å². The minimum atomic E-state index is -3.88. The third-order valence-electron chi connectivity index (χ3n) is 13.8. The third-order valence-corrected chi connectivity index (χ3v) is 15.1. The molecule has 0 bridgehead atoms. The number of nitrogens with one attached hydrogen (secondary N) is 6. The molecule has 0 aliphatic rings. The van der Waals surface area contributed by atoms with Gasteiger partial charge >= 0.3 is 11.9 Å². The molecule has 1 heterocycles. The first-order valence-electron chi connectivity index (χ1n) is 30.6. The number of hydrogen-bond acceptors (Lipinski definition) is 20. The topological polar surface area (TPSA) is 449 Å². The molecular formula is C58H95N11O18S. The summed E-state index contributed by atoms with van der Waals surface area (Å²) in [4.78, 5) is 122.